The number of likely N-dealkylation sites (tertiary alicyclic amines) is 1. The molecule has 2 fully saturated rings. The van der Waals surface area contributed by atoms with Crippen molar-refractivity contribution in [1.29, 1.82) is 0 Å². The van der Waals surface area contributed by atoms with E-state index in [9.17, 15) is 14.7 Å². The zero-order valence-corrected chi connectivity index (χ0v) is 19.7. The SMILES string of the molecule is CCCOc1ccc(C2C(=C(O)c3ccc4c(c3)OCCO4)C(=O)C(=O)N2CC2CCCO2)cc1. The van der Waals surface area contributed by atoms with Crippen LogP contribution in [-0.4, -0.2) is 60.8 Å². The predicted molar refractivity (Wildman–Crippen MR) is 128 cm³/mol. The number of nitrogens with zero attached hydrogens (tertiary/aromatic N) is 1. The Hall–Kier alpha value is -3.52. The zero-order chi connectivity index (χ0) is 24.4. The van der Waals surface area contributed by atoms with Crippen molar-refractivity contribution in [2.24, 2.45) is 0 Å². The number of rotatable bonds is 7. The van der Waals surface area contributed by atoms with Crippen LogP contribution in [0.15, 0.2) is 48.0 Å². The molecule has 0 aromatic heterocycles. The lowest BCUT2D eigenvalue weighted by Gasteiger charge is -2.27. The van der Waals surface area contributed by atoms with Gasteiger partial charge in [0.1, 0.15) is 24.7 Å². The van der Waals surface area contributed by atoms with Crippen LogP contribution in [0.1, 0.15) is 43.4 Å². The molecule has 8 heteroatoms. The third-order valence-corrected chi connectivity index (χ3v) is 6.45. The van der Waals surface area contributed by atoms with Gasteiger partial charge in [-0.1, -0.05) is 19.1 Å². The Labute approximate surface area is 204 Å². The summed E-state index contributed by atoms with van der Waals surface area (Å²) in [5, 5.41) is 11.3. The van der Waals surface area contributed by atoms with Crippen LogP contribution in [-0.2, 0) is 14.3 Å². The number of fused-ring (bicyclic) bond motifs is 1. The molecule has 2 aromatic rings. The van der Waals surface area contributed by atoms with Crippen LogP contribution >= 0.6 is 0 Å². The lowest BCUT2D eigenvalue weighted by atomic mass is 9.95. The summed E-state index contributed by atoms with van der Waals surface area (Å²) >= 11 is 0. The van der Waals surface area contributed by atoms with E-state index < -0.39 is 17.7 Å². The molecule has 1 amide bonds. The fraction of sp³-hybridized carbons (Fsp3) is 0.407. The van der Waals surface area contributed by atoms with E-state index in [1.165, 1.54) is 4.90 Å². The molecule has 0 aliphatic carbocycles. The first-order chi connectivity index (χ1) is 17.1. The van der Waals surface area contributed by atoms with Crippen molar-refractivity contribution in [3.63, 3.8) is 0 Å². The number of carbonyl (C=O) groups is 2. The van der Waals surface area contributed by atoms with Crippen molar-refractivity contribution in [1.82, 2.24) is 4.90 Å². The highest BCUT2D eigenvalue weighted by Gasteiger charge is 2.47. The van der Waals surface area contributed by atoms with E-state index in [2.05, 4.69) is 0 Å². The smallest absolute Gasteiger partial charge is 0.295 e. The standard InChI is InChI=1S/C27H29NO7/c1-2-11-32-19-8-5-17(6-9-19)24-23(26(30)27(31)28(24)16-20-4-3-12-33-20)25(29)18-7-10-21-22(15-18)35-14-13-34-21/h5-10,15,20,24,29H,2-4,11-14,16H2,1H3. The first-order valence-electron chi connectivity index (χ1n) is 12.1. The molecule has 3 heterocycles. The topological polar surface area (TPSA) is 94.5 Å². The van der Waals surface area contributed by atoms with Crippen molar-refractivity contribution in [3.8, 4) is 17.2 Å². The van der Waals surface area contributed by atoms with E-state index in [4.69, 9.17) is 18.9 Å². The average Bonchev–Trinajstić information content (AvgIpc) is 3.49. The fourth-order valence-corrected chi connectivity index (χ4v) is 4.74. The number of aliphatic hydroxyl groups is 1. The van der Waals surface area contributed by atoms with Gasteiger partial charge < -0.3 is 29.0 Å². The molecular weight excluding hydrogens is 450 g/mol. The predicted octanol–water partition coefficient (Wildman–Crippen LogP) is 3.85. The second kappa shape index (κ2) is 10.00. The summed E-state index contributed by atoms with van der Waals surface area (Å²) in [7, 11) is 0. The third-order valence-electron chi connectivity index (χ3n) is 6.45. The van der Waals surface area contributed by atoms with Gasteiger partial charge in [0.15, 0.2) is 11.5 Å². The van der Waals surface area contributed by atoms with Crippen LogP contribution in [0.3, 0.4) is 0 Å². The Morgan fingerprint density at radius 3 is 2.54 bits per heavy atom. The third kappa shape index (κ3) is 4.58. The molecule has 2 saturated heterocycles. The second-order valence-corrected chi connectivity index (χ2v) is 8.86. The molecule has 1 N–H and O–H groups in total. The van der Waals surface area contributed by atoms with E-state index in [1.54, 1.807) is 18.2 Å². The van der Waals surface area contributed by atoms with Gasteiger partial charge in [0.05, 0.1) is 24.3 Å². The Morgan fingerprint density at radius 2 is 1.83 bits per heavy atom. The number of aliphatic hydroxyl groups excluding tert-OH is 1. The minimum Gasteiger partial charge on any atom is -0.507 e. The zero-order valence-electron chi connectivity index (χ0n) is 19.7. The Kier molecular flexibility index (Phi) is 6.63. The van der Waals surface area contributed by atoms with Gasteiger partial charge in [-0.15, -0.1) is 0 Å². The van der Waals surface area contributed by atoms with Gasteiger partial charge in [-0.25, -0.2) is 0 Å². The number of benzene rings is 2. The fourth-order valence-electron chi connectivity index (χ4n) is 4.74. The monoisotopic (exact) mass is 479 g/mol. The number of ketones is 1. The average molecular weight is 480 g/mol. The number of carbonyl (C=O) groups excluding carboxylic acids is 2. The molecule has 2 aromatic carbocycles. The van der Waals surface area contributed by atoms with Crippen LogP contribution in [0.25, 0.3) is 5.76 Å². The highest BCUT2D eigenvalue weighted by molar-refractivity contribution is 6.46. The van der Waals surface area contributed by atoms with Crippen molar-refractivity contribution >= 4 is 17.4 Å². The first kappa shape index (κ1) is 23.2. The van der Waals surface area contributed by atoms with Gasteiger partial charge in [0, 0.05) is 18.7 Å². The molecule has 0 bridgehead atoms. The molecule has 3 aliphatic rings. The number of amides is 1. The van der Waals surface area contributed by atoms with E-state index in [0.29, 0.717) is 54.8 Å². The summed E-state index contributed by atoms with van der Waals surface area (Å²) < 4.78 is 22.7. The largest absolute Gasteiger partial charge is 0.507 e. The van der Waals surface area contributed by atoms with E-state index in [0.717, 1.165) is 19.3 Å². The minimum atomic E-state index is -0.743. The molecule has 3 aliphatic heterocycles. The molecule has 2 atom stereocenters. The van der Waals surface area contributed by atoms with Crippen LogP contribution in [0.5, 0.6) is 17.2 Å². The second-order valence-electron chi connectivity index (χ2n) is 8.86. The number of ether oxygens (including phenoxy) is 4. The van der Waals surface area contributed by atoms with Crippen molar-refractivity contribution in [3.05, 3.63) is 59.2 Å². The summed E-state index contributed by atoms with van der Waals surface area (Å²) in [6.45, 7) is 4.40. The highest BCUT2D eigenvalue weighted by Crippen LogP contribution is 2.42. The maximum atomic E-state index is 13.3. The lowest BCUT2D eigenvalue weighted by Crippen LogP contribution is -2.36. The van der Waals surface area contributed by atoms with Gasteiger partial charge in [-0.3, -0.25) is 9.59 Å². The quantitative estimate of drug-likeness (QED) is 0.366. The van der Waals surface area contributed by atoms with Crippen molar-refractivity contribution in [2.75, 3.05) is 33.0 Å². The number of hydrogen-bond acceptors (Lipinski definition) is 7. The van der Waals surface area contributed by atoms with E-state index in [-0.39, 0.29) is 24.0 Å². The summed E-state index contributed by atoms with van der Waals surface area (Å²) in [6, 6.07) is 11.6. The normalized spacial score (nSPS) is 23.1. The molecule has 0 saturated carbocycles. The maximum Gasteiger partial charge on any atom is 0.295 e. The maximum absolute atomic E-state index is 13.3. The van der Waals surface area contributed by atoms with Gasteiger partial charge in [0.2, 0.25) is 0 Å². The highest BCUT2D eigenvalue weighted by atomic mass is 16.6. The number of hydrogen-bond donors (Lipinski definition) is 1. The van der Waals surface area contributed by atoms with Crippen LogP contribution in [0.2, 0.25) is 0 Å². The Morgan fingerprint density at radius 1 is 1.06 bits per heavy atom. The molecule has 2 unspecified atom stereocenters. The van der Waals surface area contributed by atoms with E-state index in [1.807, 2.05) is 31.2 Å². The molecule has 0 radical (unpaired) electrons. The number of Topliss-reactive ketones (excluding diaryl/α,β-unsaturated/α-hetero) is 1. The Balaban J connectivity index is 1.55. The van der Waals surface area contributed by atoms with Gasteiger partial charge in [0.25, 0.3) is 11.7 Å². The summed E-state index contributed by atoms with van der Waals surface area (Å²) in [5.74, 6) is 0.168. The Bertz CT molecular complexity index is 1130. The molecule has 8 nitrogen and oxygen atoms in total. The van der Waals surface area contributed by atoms with Gasteiger partial charge in [-0.2, -0.15) is 0 Å². The molecule has 5 rings (SSSR count). The van der Waals surface area contributed by atoms with Crippen LogP contribution < -0.4 is 14.2 Å². The summed E-state index contributed by atoms with van der Waals surface area (Å²) in [5.41, 5.74) is 1.15. The van der Waals surface area contributed by atoms with Crippen LogP contribution in [0.4, 0.5) is 0 Å². The van der Waals surface area contributed by atoms with Crippen molar-refractivity contribution in [2.45, 2.75) is 38.3 Å². The summed E-state index contributed by atoms with van der Waals surface area (Å²) in [4.78, 5) is 27.9. The molecule has 35 heavy (non-hydrogen) atoms. The van der Waals surface area contributed by atoms with Crippen LogP contribution in [0, 0.1) is 0 Å². The molecular formula is C27H29NO7. The first-order valence-corrected chi connectivity index (χ1v) is 12.1. The molecule has 184 valence electrons. The molecule has 0 spiro atoms. The lowest BCUT2D eigenvalue weighted by molar-refractivity contribution is -0.140. The van der Waals surface area contributed by atoms with E-state index >= 15 is 0 Å². The minimum absolute atomic E-state index is 0.0481. The van der Waals surface area contributed by atoms with Gasteiger partial charge in [-0.05, 0) is 55.2 Å². The summed E-state index contributed by atoms with van der Waals surface area (Å²) in [6.07, 6.45) is 2.48. The van der Waals surface area contributed by atoms with Gasteiger partial charge >= 0.3 is 0 Å². The van der Waals surface area contributed by atoms with Crippen molar-refractivity contribution < 1.29 is 33.6 Å².